The molecule has 0 fully saturated rings. The predicted molar refractivity (Wildman–Crippen MR) is 66.0 cm³/mol. The van der Waals surface area contributed by atoms with Crippen molar-refractivity contribution in [3.63, 3.8) is 0 Å². The Morgan fingerprint density at radius 1 is 1.24 bits per heavy atom. The first-order chi connectivity index (χ1) is 8.28. The number of hydrogen-bond donors (Lipinski definition) is 1. The molecule has 0 saturated heterocycles. The highest BCUT2D eigenvalue weighted by Crippen LogP contribution is 2.19. The third-order valence-corrected chi connectivity index (χ3v) is 2.30. The molecule has 0 radical (unpaired) electrons. The lowest BCUT2D eigenvalue weighted by Gasteiger charge is -2.05. The molecule has 1 heterocycles. The molecule has 0 saturated carbocycles. The van der Waals surface area contributed by atoms with Crippen molar-refractivity contribution in [3.8, 4) is 11.6 Å². The lowest BCUT2D eigenvalue weighted by molar-refractivity contribution is 0.454. The van der Waals surface area contributed by atoms with Crippen LogP contribution in [-0.2, 0) is 6.54 Å². The van der Waals surface area contributed by atoms with Crippen LogP contribution in [0.2, 0.25) is 0 Å². The van der Waals surface area contributed by atoms with Gasteiger partial charge in [0.15, 0.2) is 0 Å². The van der Waals surface area contributed by atoms with E-state index in [2.05, 4.69) is 15.5 Å². The minimum atomic E-state index is 0.520. The molecule has 88 valence electrons. The zero-order valence-electron chi connectivity index (χ0n) is 9.97. The Labute approximate surface area is 101 Å². The molecule has 2 rings (SSSR count). The number of aryl methyl sites for hydroxylation is 1. The van der Waals surface area contributed by atoms with Crippen LogP contribution in [-0.4, -0.2) is 17.2 Å². The third kappa shape index (κ3) is 3.26. The van der Waals surface area contributed by atoms with Crippen LogP contribution in [0.5, 0.6) is 11.6 Å². The van der Waals surface area contributed by atoms with Gasteiger partial charge in [-0.15, -0.1) is 5.10 Å². The van der Waals surface area contributed by atoms with Gasteiger partial charge >= 0.3 is 0 Å². The summed E-state index contributed by atoms with van der Waals surface area (Å²) in [5, 5.41) is 10.8. The molecular weight excluding hydrogens is 214 g/mol. The molecule has 0 bridgehead atoms. The molecular formula is C13H15N3O. The fourth-order valence-corrected chi connectivity index (χ4v) is 1.49. The Morgan fingerprint density at radius 3 is 2.65 bits per heavy atom. The minimum absolute atomic E-state index is 0.520. The molecule has 0 atom stereocenters. The predicted octanol–water partition coefficient (Wildman–Crippen LogP) is 2.30. The lowest BCUT2D eigenvalue weighted by atomic mass is 10.2. The summed E-state index contributed by atoms with van der Waals surface area (Å²) in [5.41, 5.74) is 2.25. The average Bonchev–Trinajstić information content (AvgIpc) is 2.32. The summed E-state index contributed by atoms with van der Waals surface area (Å²) in [4.78, 5) is 0. The fraction of sp³-hybridized carbons (Fsp3) is 0.231. The average molecular weight is 229 g/mol. The monoisotopic (exact) mass is 229 g/mol. The van der Waals surface area contributed by atoms with E-state index >= 15 is 0 Å². The second kappa shape index (κ2) is 5.41. The zero-order valence-corrected chi connectivity index (χ0v) is 9.97. The Hall–Kier alpha value is -1.94. The molecule has 1 N–H and O–H groups in total. The highest BCUT2D eigenvalue weighted by molar-refractivity contribution is 5.30. The molecule has 0 spiro atoms. The van der Waals surface area contributed by atoms with Crippen molar-refractivity contribution in [2.75, 3.05) is 7.05 Å². The first-order valence-electron chi connectivity index (χ1n) is 5.48. The molecule has 1 aromatic heterocycles. The minimum Gasteiger partial charge on any atom is -0.438 e. The molecule has 0 amide bonds. The number of aromatic nitrogens is 2. The summed E-state index contributed by atoms with van der Waals surface area (Å²) in [7, 11) is 1.92. The van der Waals surface area contributed by atoms with E-state index in [4.69, 9.17) is 4.74 Å². The maximum absolute atomic E-state index is 5.60. The molecule has 4 nitrogen and oxygen atoms in total. The summed E-state index contributed by atoms with van der Waals surface area (Å²) in [6, 6.07) is 9.76. The van der Waals surface area contributed by atoms with Gasteiger partial charge in [-0.05, 0) is 37.2 Å². The van der Waals surface area contributed by atoms with Crippen molar-refractivity contribution in [1.82, 2.24) is 15.5 Å². The van der Waals surface area contributed by atoms with Crippen LogP contribution in [0, 0.1) is 6.92 Å². The van der Waals surface area contributed by atoms with Gasteiger partial charge in [0.2, 0.25) is 5.88 Å². The smallest absolute Gasteiger partial charge is 0.239 e. The number of hydrogen-bond acceptors (Lipinski definition) is 4. The van der Waals surface area contributed by atoms with Crippen molar-refractivity contribution in [2.24, 2.45) is 0 Å². The van der Waals surface area contributed by atoms with Crippen LogP contribution in [0.15, 0.2) is 36.5 Å². The molecule has 4 heteroatoms. The summed E-state index contributed by atoms with van der Waals surface area (Å²) in [6.07, 6.45) is 1.70. The van der Waals surface area contributed by atoms with Gasteiger partial charge in [0, 0.05) is 12.6 Å². The SMILES string of the molecule is CNCc1ccc(Oc2cc(C)cnn2)cc1. The van der Waals surface area contributed by atoms with Gasteiger partial charge in [-0.3, -0.25) is 0 Å². The normalized spacial score (nSPS) is 10.2. The van der Waals surface area contributed by atoms with E-state index < -0.39 is 0 Å². The maximum Gasteiger partial charge on any atom is 0.239 e. The van der Waals surface area contributed by atoms with Crippen LogP contribution in [0.4, 0.5) is 0 Å². The zero-order chi connectivity index (χ0) is 12.1. The molecule has 2 aromatic rings. The van der Waals surface area contributed by atoms with Crippen molar-refractivity contribution in [3.05, 3.63) is 47.7 Å². The van der Waals surface area contributed by atoms with Crippen LogP contribution >= 0.6 is 0 Å². The molecule has 17 heavy (non-hydrogen) atoms. The summed E-state index contributed by atoms with van der Waals surface area (Å²) >= 11 is 0. The quantitative estimate of drug-likeness (QED) is 0.873. The Balaban J connectivity index is 2.08. The van der Waals surface area contributed by atoms with Gasteiger partial charge in [0.1, 0.15) is 5.75 Å². The largest absolute Gasteiger partial charge is 0.438 e. The fourth-order valence-electron chi connectivity index (χ4n) is 1.49. The van der Waals surface area contributed by atoms with Crippen molar-refractivity contribution in [1.29, 1.82) is 0 Å². The lowest BCUT2D eigenvalue weighted by Crippen LogP contribution is -2.04. The summed E-state index contributed by atoms with van der Waals surface area (Å²) in [5.74, 6) is 1.29. The van der Waals surface area contributed by atoms with Gasteiger partial charge in [-0.2, -0.15) is 5.10 Å². The Bertz CT molecular complexity index is 482. The van der Waals surface area contributed by atoms with Crippen LogP contribution < -0.4 is 10.1 Å². The number of rotatable bonds is 4. The van der Waals surface area contributed by atoms with Crippen molar-refractivity contribution < 1.29 is 4.74 Å². The van der Waals surface area contributed by atoms with Gasteiger partial charge < -0.3 is 10.1 Å². The van der Waals surface area contributed by atoms with Crippen molar-refractivity contribution in [2.45, 2.75) is 13.5 Å². The second-order valence-electron chi connectivity index (χ2n) is 3.85. The van der Waals surface area contributed by atoms with E-state index in [1.165, 1.54) is 5.56 Å². The number of ether oxygens (including phenoxy) is 1. The third-order valence-electron chi connectivity index (χ3n) is 2.30. The van der Waals surface area contributed by atoms with Crippen LogP contribution in [0.3, 0.4) is 0 Å². The van der Waals surface area contributed by atoms with Crippen LogP contribution in [0.25, 0.3) is 0 Å². The number of benzene rings is 1. The van der Waals surface area contributed by atoms with E-state index in [0.717, 1.165) is 17.9 Å². The highest BCUT2D eigenvalue weighted by atomic mass is 16.5. The Morgan fingerprint density at radius 2 is 2.00 bits per heavy atom. The van der Waals surface area contributed by atoms with E-state index in [1.54, 1.807) is 6.20 Å². The standard InChI is InChI=1S/C13H15N3O/c1-10-7-13(16-15-8-10)17-12-5-3-11(4-6-12)9-14-2/h3-8,14H,9H2,1-2H3. The maximum atomic E-state index is 5.60. The second-order valence-corrected chi connectivity index (χ2v) is 3.85. The molecule has 1 aromatic carbocycles. The van der Waals surface area contributed by atoms with Gasteiger partial charge in [0.05, 0.1) is 6.20 Å². The number of nitrogens with zero attached hydrogens (tertiary/aromatic N) is 2. The van der Waals surface area contributed by atoms with Gasteiger partial charge in [0.25, 0.3) is 0 Å². The van der Waals surface area contributed by atoms with Gasteiger partial charge in [-0.25, -0.2) is 0 Å². The molecule has 0 aliphatic carbocycles. The van der Waals surface area contributed by atoms with E-state index in [9.17, 15) is 0 Å². The van der Waals surface area contributed by atoms with E-state index in [-0.39, 0.29) is 0 Å². The highest BCUT2D eigenvalue weighted by Gasteiger charge is 1.99. The van der Waals surface area contributed by atoms with E-state index in [0.29, 0.717) is 5.88 Å². The first-order valence-corrected chi connectivity index (χ1v) is 5.48. The molecule has 0 unspecified atom stereocenters. The van der Waals surface area contributed by atoms with Crippen LogP contribution in [0.1, 0.15) is 11.1 Å². The van der Waals surface area contributed by atoms with E-state index in [1.807, 2.05) is 44.3 Å². The Kier molecular flexibility index (Phi) is 3.67. The van der Waals surface area contributed by atoms with Gasteiger partial charge in [-0.1, -0.05) is 12.1 Å². The first kappa shape index (κ1) is 11.5. The molecule has 0 aliphatic heterocycles. The van der Waals surface area contributed by atoms with Crippen molar-refractivity contribution >= 4 is 0 Å². The summed E-state index contributed by atoms with van der Waals surface area (Å²) < 4.78 is 5.60. The summed E-state index contributed by atoms with van der Waals surface area (Å²) in [6.45, 7) is 2.81. The number of nitrogens with one attached hydrogen (secondary N) is 1. The topological polar surface area (TPSA) is 47.0 Å². The molecule has 0 aliphatic rings.